The van der Waals surface area contributed by atoms with Crippen LogP contribution in [-0.2, 0) is 6.42 Å². The average molecular weight is 164 g/mol. The maximum absolute atomic E-state index is 5.27. The highest BCUT2D eigenvalue weighted by Gasteiger charge is 2.28. The third-order valence-corrected chi connectivity index (χ3v) is 2.29. The van der Waals surface area contributed by atoms with Crippen molar-refractivity contribution < 1.29 is 9.47 Å². The molecule has 0 saturated carbocycles. The van der Waals surface area contributed by atoms with Gasteiger partial charge < -0.3 is 9.47 Å². The van der Waals surface area contributed by atoms with Crippen LogP contribution in [0.25, 0.3) is 0 Å². The second-order valence-corrected chi connectivity index (χ2v) is 3.06. The second kappa shape index (κ2) is 2.41. The van der Waals surface area contributed by atoms with Crippen LogP contribution in [0.2, 0.25) is 0 Å². The monoisotopic (exact) mass is 164 g/mol. The number of hydrogen-bond acceptors (Lipinski definition) is 2. The van der Waals surface area contributed by atoms with Crippen LogP contribution < -0.4 is 9.47 Å². The smallest absolute Gasteiger partial charge is 0.125 e. The fourth-order valence-electron chi connectivity index (χ4n) is 1.64. The molecule has 1 aromatic carbocycles. The van der Waals surface area contributed by atoms with Gasteiger partial charge in [0.2, 0.25) is 0 Å². The van der Waals surface area contributed by atoms with Crippen molar-refractivity contribution in [3.63, 3.8) is 0 Å². The van der Waals surface area contributed by atoms with Crippen molar-refractivity contribution in [2.24, 2.45) is 0 Å². The number of rotatable bonds is 2. The highest BCUT2D eigenvalue weighted by Crippen LogP contribution is 2.45. The lowest BCUT2D eigenvalue weighted by molar-refractivity contribution is 0.402. The van der Waals surface area contributed by atoms with E-state index in [4.69, 9.17) is 9.47 Å². The predicted octanol–water partition coefficient (Wildman–Crippen LogP) is 1.92. The third-order valence-electron chi connectivity index (χ3n) is 2.29. The lowest BCUT2D eigenvalue weighted by Crippen LogP contribution is -1.88. The van der Waals surface area contributed by atoms with Gasteiger partial charge in [0.15, 0.2) is 0 Å². The van der Waals surface area contributed by atoms with Gasteiger partial charge in [0.25, 0.3) is 0 Å². The largest absolute Gasteiger partial charge is 0.496 e. The molecular formula is C10H12O2. The van der Waals surface area contributed by atoms with Crippen molar-refractivity contribution in [2.75, 3.05) is 14.2 Å². The molecular weight excluding hydrogens is 152 g/mol. The molecule has 64 valence electrons. The van der Waals surface area contributed by atoms with E-state index in [0.717, 1.165) is 23.5 Å². The zero-order valence-electron chi connectivity index (χ0n) is 7.60. The van der Waals surface area contributed by atoms with Crippen molar-refractivity contribution in [2.45, 2.75) is 13.3 Å². The molecule has 0 heterocycles. The molecule has 2 rings (SSSR count). The molecule has 0 amide bonds. The quantitative estimate of drug-likeness (QED) is 0.675. The number of fused-ring (bicyclic) bond motifs is 1. The van der Waals surface area contributed by atoms with Gasteiger partial charge in [-0.05, 0) is 18.6 Å². The number of ether oxygens (including phenoxy) is 2. The molecule has 0 unspecified atom stereocenters. The standard InChI is InChI=1S/C10H12O2/c1-6-4-9(11-2)7-5-8(7)10(6)12-3/h4H,5H2,1-3H3. The van der Waals surface area contributed by atoms with Gasteiger partial charge in [0.1, 0.15) is 11.5 Å². The zero-order chi connectivity index (χ0) is 8.72. The number of benzene rings is 1. The van der Waals surface area contributed by atoms with Gasteiger partial charge in [-0.25, -0.2) is 0 Å². The van der Waals surface area contributed by atoms with Gasteiger partial charge in [-0.3, -0.25) is 0 Å². The first-order valence-electron chi connectivity index (χ1n) is 4.01. The van der Waals surface area contributed by atoms with Gasteiger partial charge >= 0.3 is 0 Å². The highest BCUT2D eigenvalue weighted by atomic mass is 16.5. The Bertz CT molecular complexity index is 325. The molecule has 1 aliphatic rings. The van der Waals surface area contributed by atoms with Gasteiger partial charge in [-0.1, -0.05) is 0 Å². The van der Waals surface area contributed by atoms with E-state index in [9.17, 15) is 0 Å². The SMILES string of the molecule is COc1cc(C)c(OC)c2c1C2. The van der Waals surface area contributed by atoms with E-state index in [2.05, 4.69) is 0 Å². The highest BCUT2D eigenvalue weighted by molar-refractivity contribution is 5.64. The number of aryl methyl sites for hydroxylation is 1. The summed E-state index contributed by atoms with van der Waals surface area (Å²) in [6.45, 7) is 2.04. The number of hydrogen-bond donors (Lipinski definition) is 0. The van der Waals surface area contributed by atoms with Crippen molar-refractivity contribution in [3.05, 3.63) is 22.8 Å². The molecule has 12 heavy (non-hydrogen) atoms. The minimum atomic E-state index is 1.00. The molecule has 2 heteroatoms. The molecule has 0 aliphatic heterocycles. The van der Waals surface area contributed by atoms with Crippen LogP contribution >= 0.6 is 0 Å². The minimum absolute atomic E-state index is 1.00. The van der Waals surface area contributed by atoms with Crippen LogP contribution in [0.15, 0.2) is 6.07 Å². The molecule has 0 N–H and O–H groups in total. The summed E-state index contributed by atoms with van der Waals surface area (Å²) in [6.07, 6.45) is 1.03. The molecule has 0 atom stereocenters. The van der Waals surface area contributed by atoms with Crippen LogP contribution in [0.5, 0.6) is 11.5 Å². The summed E-state index contributed by atoms with van der Waals surface area (Å²) in [6, 6.07) is 2.03. The third kappa shape index (κ3) is 0.876. The summed E-state index contributed by atoms with van der Waals surface area (Å²) < 4.78 is 10.5. The fourth-order valence-corrected chi connectivity index (χ4v) is 1.64. The van der Waals surface area contributed by atoms with Crippen molar-refractivity contribution >= 4 is 0 Å². The zero-order valence-corrected chi connectivity index (χ0v) is 7.60. The number of methoxy groups -OCH3 is 2. The Morgan fingerprint density at radius 3 is 2.50 bits per heavy atom. The average Bonchev–Trinajstić information content (AvgIpc) is 2.82. The fraction of sp³-hybridized carbons (Fsp3) is 0.400. The molecule has 0 fully saturated rings. The molecule has 2 nitrogen and oxygen atoms in total. The van der Waals surface area contributed by atoms with E-state index in [1.165, 1.54) is 11.1 Å². The second-order valence-electron chi connectivity index (χ2n) is 3.06. The van der Waals surface area contributed by atoms with Crippen LogP contribution in [0.4, 0.5) is 0 Å². The Balaban J connectivity index is 2.53. The molecule has 1 aromatic rings. The topological polar surface area (TPSA) is 18.5 Å². The molecule has 1 aliphatic carbocycles. The van der Waals surface area contributed by atoms with Crippen molar-refractivity contribution in [1.29, 1.82) is 0 Å². The maximum atomic E-state index is 5.27. The summed E-state index contributed by atoms with van der Waals surface area (Å²) in [7, 11) is 3.42. The summed E-state index contributed by atoms with van der Waals surface area (Å²) in [4.78, 5) is 0. The predicted molar refractivity (Wildman–Crippen MR) is 47.1 cm³/mol. The van der Waals surface area contributed by atoms with Crippen molar-refractivity contribution in [3.8, 4) is 11.5 Å². The van der Waals surface area contributed by atoms with E-state index in [1.54, 1.807) is 14.2 Å². The summed E-state index contributed by atoms with van der Waals surface area (Å²) in [5, 5.41) is 0. The summed E-state index contributed by atoms with van der Waals surface area (Å²) in [5.74, 6) is 2.04. The minimum Gasteiger partial charge on any atom is -0.496 e. The molecule has 0 saturated heterocycles. The molecule has 0 bridgehead atoms. The van der Waals surface area contributed by atoms with Gasteiger partial charge in [-0.15, -0.1) is 0 Å². The Morgan fingerprint density at radius 1 is 1.17 bits per heavy atom. The maximum Gasteiger partial charge on any atom is 0.125 e. The lowest BCUT2D eigenvalue weighted by atomic mass is 10.2. The van der Waals surface area contributed by atoms with Crippen LogP contribution in [0, 0.1) is 6.92 Å². The Labute approximate surface area is 72.1 Å². The molecule has 0 radical (unpaired) electrons. The molecule has 0 spiro atoms. The first-order valence-corrected chi connectivity index (χ1v) is 4.01. The Kier molecular flexibility index (Phi) is 1.50. The Morgan fingerprint density at radius 2 is 1.92 bits per heavy atom. The van der Waals surface area contributed by atoms with E-state index >= 15 is 0 Å². The first-order chi connectivity index (χ1) is 5.77. The normalized spacial score (nSPS) is 12.2. The van der Waals surface area contributed by atoms with E-state index < -0.39 is 0 Å². The van der Waals surface area contributed by atoms with Crippen LogP contribution in [0.1, 0.15) is 16.7 Å². The molecule has 0 aromatic heterocycles. The summed E-state index contributed by atoms with van der Waals surface area (Å²) >= 11 is 0. The summed E-state index contributed by atoms with van der Waals surface area (Å²) in [5.41, 5.74) is 3.78. The lowest BCUT2D eigenvalue weighted by Gasteiger charge is -2.05. The van der Waals surface area contributed by atoms with E-state index in [1.807, 2.05) is 13.0 Å². The van der Waals surface area contributed by atoms with Gasteiger partial charge in [0, 0.05) is 17.5 Å². The van der Waals surface area contributed by atoms with E-state index in [0.29, 0.717) is 0 Å². The van der Waals surface area contributed by atoms with Gasteiger partial charge in [0.05, 0.1) is 14.2 Å². The van der Waals surface area contributed by atoms with Crippen molar-refractivity contribution in [1.82, 2.24) is 0 Å². The van der Waals surface area contributed by atoms with Gasteiger partial charge in [-0.2, -0.15) is 0 Å². The first kappa shape index (κ1) is 7.47. The van der Waals surface area contributed by atoms with E-state index in [-0.39, 0.29) is 0 Å². The van der Waals surface area contributed by atoms with Crippen LogP contribution in [-0.4, -0.2) is 14.2 Å². The van der Waals surface area contributed by atoms with Crippen LogP contribution in [0.3, 0.4) is 0 Å². The Hall–Kier alpha value is -1.18.